The highest BCUT2D eigenvalue weighted by molar-refractivity contribution is 7.80. The number of aromatic nitrogens is 1. The summed E-state index contributed by atoms with van der Waals surface area (Å²) < 4.78 is 0. The van der Waals surface area contributed by atoms with Crippen molar-refractivity contribution in [1.29, 1.82) is 0 Å². The quantitative estimate of drug-likeness (QED) is 0.796. The number of nitrogens with two attached hydrogens (primary N) is 1. The van der Waals surface area contributed by atoms with E-state index in [9.17, 15) is 0 Å². The summed E-state index contributed by atoms with van der Waals surface area (Å²) in [5, 5.41) is 0. The summed E-state index contributed by atoms with van der Waals surface area (Å²) in [5.41, 5.74) is 6.30. The molecule has 0 spiro atoms. The molecule has 1 fully saturated rings. The van der Waals surface area contributed by atoms with E-state index in [2.05, 4.69) is 23.7 Å². The van der Waals surface area contributed by atoms with Crippen LogP contribution in [0.3, 0.4) is 0 Å². The first-order valence-corrected chi connectivity index (χ1v) is 6.02. The fourth-order valence-corrected chi connectivity index (χ4v) is 2.45. The zero-order valence-electron chi connectivity index (χ0n) is 9.68. The molecule has 0 aromatic carbocycles. The maximum absolute atomic E-state index is 5.59. The van der Waals surface area contributed by atoms with Gasteiger partial charge in [-0.3, -0.25) is 0 Å². The monoisotopic (exact) mass is 235 g/mol. The summed E-state index contributed by atoms with van der Waals surface area (Å²) in [4.78, 5) is 7.19. The Morgan fingerprint density at radius 3 is 2.81 bits per heavy atom. The van der Waals surface area contributed by atoms with E-state index < -0.39 is 0 Å². The topological polar surface area (TPSA) is 42.1 Å². The minimum absolute atomic E-state index is 0.363. The van der Waals surface area contributed by atoms with Crippen LogP contribution < -0.4 is 10.6 Å². The third-order valence-corrected chi connectivity index (χ3v) is 3.27. The van der Waals surface area contributed by atoms with Crippen LogP contribution in [0.5, 0.6) is 0 Å². The van der Waals surface area contributed by atoms with E-state index in [1.54, 1.807) is 0 Å². The summed E-state index contributed by atoms with van der Waals surface area (Å²) in [6, 6.07) is 6.39. The lowest BCUT2D eigenvalue weighted by molar-refractivity contribution is 0.625. The minimum Gasteiger partial charge on any atom is -0.388 e. The van der Waals surface area contributed by atoms with Gasteiger partial charge in [-0.05, 0) is 31.4 Å². The van der Waals surface area contributed by atoms with E-state index in [1.807, 2.05) is 18.2 Å². The van der Waals surface area contributed by atoms with Crippen LogP contribution in [0.4, 0.5) is 5.82 Å². The van der Waals surface area contributed by atoms with Crippen LogP contribution in [0.15, 0.2) is 18.2 Å². The fraction of sp³-hybridized carbons (Fsp3) is 0.500. The molecule has 0 amide bonds. The molecule has 1 aromatic heterocycles. The second-order valence-corrected chi connectivity index (χ2v) is 5.03. The molecule has 2 N–H and O–H groups in total. The maximum Gasteiger partial charge on any atom is 0.129 e. The Labute approximate surface area is 102 Å². The van der Waals surface area contributed by atoms with E-state index in [0.717, 1.165) is 18.3 Å². The normalized spacial score (nSPS) is 24.8. The smallest absolute Gasteiger partial charge is 0.129 e. The molecule has 4 heteroatoms. The number of anilines is 1. The molecule has 1 aliphatic rings. The zero-order chi connectivity index (χ0) is 11.7. The first kappa shape index (κ1) is 11.3. The van der Waals surface area contributed by atoms with Gasteiger partial charge in [0.1, 0.15) is 10.8 Å². The minimum atomic E-state index is 0.363. The van der Waals surface area contributed by atoms with Gasteiger partial charge in [-0.1, -0.05) is 25.2 Å². The van der Waals surface area contributed by atoms with Crippen molar-refractivity contribution in [3.63, 3.8) is 0 Å². The molecule has 1 aromatic rings. The highest BCUT2D eigenvalue weighted by atomic mass is 32.1. The Hall–Kier alpha value is -1.16. The van der Waals surface area contributed by atoms with Crippen molar-refractivity contribution in [3.8, 4) is 0 Å². The third kappa shape index (κ3) is 2.16. The maximum atomic E-state index is 5.59. The Bertz CT molecular complexity index is 405. The molecule has 2 heterocycles. The number of rotatable bonds is 2. The van der Waals surface area contributed by atoms with Gasteiger partial charge in [-0.25, -0.2) is 4.98 Å². The van der Waals surface area contributed by atoms with Crippen LogP contribution in [0.1, 0.15) is 26.0 Å². The highest BCUT2D eigenvalue weighted by Gasteiger charge is 2.27. The van der Waals surface area contributed by atoms with E-state index in [0.29, 0.717) is 16.7 Å². The molecule has 0 aliphatic carbocycles. The van der Waals surface area contributed by atoms with Crippen LogP contribution in [0.2, 0.25) is 0 Å². The largest absolute Gasteiger partial charge is 0.388 e. The van der Waals surface area contributed by atoms with Gasteiger partial charge in [-0.15, -0.1) is 0 Å². The predicted molar refractivity (Wildman–Crippen MR) is 70.7 cm³/mol. The summed E-state index contributed by atoms with van der Waals surface area (Å²) in [6.45, 7) is 5.57. The Morgan fingerprint density at radius 1 is 1.50 bits per heavy atom. The lowest BCUT2D eigenvalue weighted by Crippen LogP contribution is -2.28. The van der Waals surface area contributed by atoms with Gasteiger partial charge >= 0.3 is 0 Å². The van der Waals surface area contributed by atoms with Gasteiger partial charge in [0.2, 0.25) is 0 Å². The molecular weight excluding hydrogens is 218 g/mol. The van der Waals surface area contributed by atoms with Gasteiger partial charge in [-0.2, -0.15) is 0 Å². The molecular formula is C12H17N3S. The van der Waals surface area contributed by atoms with Crippen LogP contribution >= 0.6 is 12.2 Å². The Balaban J connectivity index is 2.27. The molecule has 1 aliphatic heterocycles. The number of hydrogen-bond donors (Lipinski definition) is 1. The second kappa shape index (κ2) is 4.37. The molecule has 2 atom stereocenters. The molecule has 86 valence electrons. The Kier molecular flexibility index (Phi) is 3.10. The molecule has 2 rings (SSSR count). The van der Waals surface area contributed by atoms with Gasteiger partial charge in [0, 0.05) is 12.6 Å². The predicted octanol–water partition coefficient (Wildman–Crippen LogP) is 1.95. The van der Waals surface area contributed by atoms with Crippen molar-refractivity contribution in [1.82, 2.24) is 4.98 Å². The lowest BCUT2D eigenvalue weighted by Gasteiger charge is -2.22. The fourth-order valence-electron chi connectivity index (χ4n) is 2.34. The van der Waals surface area contributed by atoms with Gasteiger partial charge < -0.3 is 10.6 Å². The van der Waals surface area contributed by atoms with Crippen molar-refractivity contribution in [2.24, 2.45) is 11.7 Å². The van der Waals surface area contributed by atoms with Crippen molar-refractivity contribution in [3.05, 3.63) is 23.9 Å². The molecule has 0 radical (unpaired) electrons. The van der Waals surface area contributed by atoms with Gasteiger partial charge in [0.25, 0.3) is 0 Å². The van der Waals surface area contributed by atoms with Gasteiger partial charge in [0.15, 0.2) is 0 Å². The average molecular weight is 235 g/mol. The number of hydrogen-bond acceptors (Lipinski definition) is 3. The first-order chi connectivity index (χ1) is 7.58. The van der Waals surface area contributed by atoms with E-state index in [1.165, 1.54) is 6.42 Å². The number of pyridine rings is 1. The number of thiocarbonyl (C=S) groups is 1. The number of nitrogens with zero attached hydrogens (tertiary/aromatic N) is 2. The molecule has 2 unspecified atom stereocenters. The summed E-state index contributed by atoms with van der Waals surface area (Å²) in [7, 11) is 0. The highest BCUT2D eigenvalue weighted by Crippen LogP contribution is 2.27. The molecule has 3 nitrogen and oxygen atoms in total. The van der Waals surface area contributed by atoms with Crippen molar-refractivity contribution in [2.75, 3.05) is 11.4 Å². The van der Waals surface area contributed by atoms with Crippen molar-refractivity contribution >= 4 is 23.0 Å². The van der Waals surface area contributed by atoms with Gasteiger partial charge in [0.05, 0.1) is 5.69 Å². The Morgan fingerprint density at radius 2 is 2.25 bits per heavy atom. The van der Waals surface area contributed by atoms with Crippen molar-refractivity contribution < 1.29 is 0 Å². The summed E-state index contributed by atoms with van der Waals surface area (Å²) in [6.07, 6.45) is 1.22. The van der Waals surface area contributed by atoms with E-state index >= 15 is 0 Å². The molecule has 0 bridgehead atoms. The van der Waals surface area contributed by atoms with E-state index in [4.69, 9.17) is 18.0 Å². The average Bonchev–Trinajstić information content (AvgIpc) is 2.58. The van der Waals surface area contributed by atoms with Crippen LogP contribution in [0, 0.1) is 5.92 Å². The summed E-state index contributed by atoms with van der Waals surface area (Å²) >= 11 is 4.95. The molecule has 16 heavy (non-hydrogen) atoms. The van der Waals surface area contributed by atoms with Crippen LogP contribution in [-0.2, 0) is 0 Å². The summed E-state index contributed by atoms with van der Waals surface area (Å²) in [5.74, 6) is 1.72. The molecule has 1 saturated heterocycles. The van der Waals surface area contributed by atoms with Crippen molar-refractivity contribution in [2.45, 2.75) is 26.3 Å². The zero-order valence-corrected chi connectivity index (χ0v) is 10.5. The lowest BCUT2D eigenvalue weighted by atomic mass is 10.1. The van der Waals surface area contributed by atoms with Crippen LogP contribution in [0.25, 0.3) is 0 Å². The van der Waals surface area contributed by atoms with Crippen LogP contribution in [-0.4, -0.2) is 22.6 Å². The SMILES string of the molecule is CC1CC(C)N(c2cccc(C(N)=S)n2)C1. The third-order valence-electron chi connectivity index (χ3n) is 3.07. The van der Waals surface area contributed by atoms with E-state index in [-0.39, 0.29) is 0 Å². The molecule has 0 saturated carbocycles. The standard InChI is InChI=1S/C12H17N3S/c1-8-6-9(2)15(7-8)11-5-3-4-10(14-11)12(13)16/h3-5,8-9H,6-7H2,1-2H3,(H2,13,16). The second-order valence-electron chi connectivity index (χ2n) is 4.59. The first-order valence-electron chi connectivity index (χ1n) is 5.61.